The van der Waals surface area contributed by atoms with Crippen molar-refractivity contribution >= 4 is 5.82 Å². The maximum Gasteiger partial charge on any atom is 0.132 e. The molecule has 2 aliphatic rings. The van der Waals surface area contributed by atoms with E-state index in [0.717, 1.165) is 30.7 Å². The van der Waals surface area contributed by atoms with Crippen molar-refractivity contribution in [1.82, 2.24) is 4.98 Å². The highest BCUT2D eigenvalue weighted by Crippen LogP contribution is 2.46. The van der Waals surface area contributed by atoms with E-state index in [9.17, 15) is 4.39 Å². The van der Waals surface area contributed by atoms with Crippen LogP contribution in [0.4, 0.5) is 10.2 Å². The predicted molar refractivity (Wildman–Crippen MR) is 79.3 cm³/mol. The van der Waals surface area contributed by atoms with Crippen molar-refractivity contribution in [2.24, 2.45) is 11.8 Å². The lowest BCUT2D eigenvalue weighted by Gasteiger charge is -2.19. The van der Waals surface area contributed by atoms with Crippen LogP contribution in [0.5, 0.6) is 11.5 Å². The first-order valence-corrected chi connectivity index (χ1v) is 7.34. The van der Waals surface area contributed by atoms with E-state index < -0.39 is 0 Å². The van der Waals surface area contributed by atoms with Gasteiger partial charge in [-0.1, -0.05) is 6.07 Å². The van der Waals surface area contributed by atoms with Gasteiger partial charge in [0.05, 0.1) is 0 Å². The van der Waals surface area contributed by atoms with Gasteiger partial charge in [0.1, 0.15) is 23.1 Å². The molecule has 0 bridgehead atoms. The second kappa shape index (κ2) is 4.72. The quantitative estimate of drug-likeness (QED) is 0.857. The molecule has 108 valence electrons. The van der Waals surface area contributed by atoms with E-state index in [2.05, 4.69) is 9.88 Å². The van der Waals surface area contributed by atoms with Gasteiger partial charge in [-0.05, 0) is 42.9 Å². The van der Waals surface area contributed by atoms with E-state index >= 15 is 0 Å². The number of fused-ring (bicyclic) bond motifs is 1. The molecule has 2 atom stereocenters. The first-order chi connectivity index (χ1) is 10.2. The Labute approximate surface area is 123 Å². The SMILES string of the molecule is Cc1ccc(Oc2ccnc(N3CC4CC4C3)c2)cc1F. The van der Waals surface area contributed by atoms with Crippen LogP contribution in [0.1, 0.15) is 12.0 Å². The topological polar surface area (TPSA) is 25.4 Å². The maximum absolute atomic E-state index is 13.6. The first-order valence-electron chi connectivity index (χ1n) is 7.34. The van der Waals surface area contributed by atoms with Crippen LogP contribution in [-0.2, 0) is 0 Å². The van der Waals surface area contributed by atoms with Crippen LogP contribution in [0.2, 0.25) is 0 Å². The average Bonchev–Trinajstić information content (AvgIpc) is 3.09. The number of pyridine rings is 1. The van der Waals surface area contributed by atoms with Gasteiger partial charge in [-0.15, -0.1) is 0 Å². The average molecular weight is 284 g/mol. The lowest BCUT2D eigenvalue weighted by atomic mass is 10.2. The molecular weight excluding hydrogens is 267 g/mol. The molecule has 2 aromatic rings. The predicted octanol–water partition coefficient (Wildman–Crippen LogP) is 3.78. The molecule has 1 aromatic carbocycles. The van der Waals surface area contributed by atoms with E-state index in [0.29, 0.717) is 17.1 Å². The smallest absolute Gasteiger partial charge is 0.132 e. The van der Waals surface area contributed by atoms with Crippen molar-refractivity contribution in [3.63, 3.8) is 0 Å². The van der Waals surface area contributed by atoms with E-state index in [-0.39, 0.29) is 5.82 Å². The Balaban J connectivity index is 1.53. The number of aryl methyl sites for hydroxylation is 1. The fourth-order valence-electron chi connectivity index (χ4n) is 2.99. The molecule has 4 rings (SSSR count). The minimum Gasteiger partial charge on any atom is -0.457 e. The molecule has 0 spiro atoms. The Morgan fingerprint density at radius 3 is 2.67 bits per heavy atom. The van der Waals surface area contributed by atoms with Crippen molar-refractivity contribution in [2.45, 2.75) is 13.3 Å². The molecule has 1 saturated carbocycles. The Morgan fingerprint density at radius 2 is 1.90 bits per heavy atom. The largest absolute Gasteiger partial charge is 0.457 e. The number of piperidine rings is 1. The molecule has 0 radical (unpaired) electrons. The summed E-state index contributed by atoms with van der Waals surface area (Å²) in [6.45, 7) is 3.93. The standard InChI is InChI=1S/C17H17FN2O/c1-11-2-3-14(7-16(11)18)21-15-4-5-19-17(8-15)20-9-12-6-13(12)10-20/h2-5,7-8,12-13H,6,9-10H2,1H3. The van der Waals surface area contributed by atoms with Crippen LogP contribution in [0, 0.1) is 24.6 Å². The molecule has 0 N–H and O–H groups in total. The summed E-state index contributed by atoms with van der Waals surface area (Å²) in [5.41, 5.74) is 0.619. The minimum absolute atomic E-state index is 0.249. The molecular formula is C17H17FN2O. The van der Waals surface area contributed by atoms with Crippen molar-refractivity contribution in [3.8, 4) is 11.5 Å². The Kier molecular flexibility index (Phi) is 2.84. The van der Waals surface area contributed by atoms with Crippen LogP contribution in [0.3, 0.4) is 0 Å². The van der Waals surface area contributed by atoms with Crippen molar-refractivity contribution in [2.75, 3.05) is 18.0 Å². The summed E-state index contributed by atoms with van der Waals surface area (Å²) in [6.07, 6.45) is 3.12. The molecule has 1 saturated heterocycles. The van der Waals surface area contributed by atoms with Crippen molar-refractivity contribution in [1.29, 1.82) is 0 Å². The summed E-state index contributed by atoms with van der Waals surface area (Å²) in [5, 5.41) is 0. The molecule has 2 fully saturated rings. The fraction of sp³-hybridized carbons (Fsp3) is 0.353. The monoisotopic (exact) mass is 284 g/mol. The summed E-state index contributed by atoms with van der Waals surface area (Å²) < 4.78 is 19.3. The second-order valence-electron chi connectivity index (χ2n) is 6.02. The normalized spacial score (nSPS) is 23.0. The van der Waals surface area contributed by atoms with Crippen molar-refractivity contribution in [3.05, 3.63) is 47.9 Å². The maximum atomic E-state index is 13.6. The van der Waals surface area contributed by atoms with Crippen molar-refractivity contribution < 1.29 is 9.13 Å². The summed E-state index contributed by atoms with van der Waals surface area (Å²) in [4.78, 5) is 6.73. The molecule has 2 heterocycles. The number of hydrogen-bond acceptors (Lipinski definition) is 3. The summed E-state index contributed by atoms with van der Waals surface area (Å²) >= 11 is 0. The first kappa shape index (κ1) is 12.6. The number of halogens is 1. The van der Waals surface area contributed by atoms with E-state index in [4.69, 9.17) is 4.74 Å². The zero-order valence-electron chi connectivity index (χ0n) is 11.9. The number of ether oxygens (including phenoxy) is 1. The summed E-state index contributed by atoms with van der Waals surface area (Å²) in [5.74, 6) is 3.64. The molecule has 3 nitrogen and oxygen atoms in total. The zero-order chi connectivity index (χ0) is 14.4. The number of benzene rings is 1. The third-order valence-electron chi connectivity index (χ3n) is 4.40. The number of hydrogen-bond donors (Lipinski definition) is 0. The molecule has 1 aliphatic carbocycles. The van der Waals surface area contributed by atoms with Crippen LogP contribution >= 0.6 is 0 Å². The van der Waals surface area contributed by atoms with Gasteiger partial charge in [0.25, 0.3) is 0 Å². The minimum atomic E-state index is -0.249. The van der Waals surface area contributed by atoms with Gasteiger partial charge < -0.3 is 9.64 Å². The van der Waals surface area contributed by atoms with Gasteiger partial charge >= 0.3 is 0 Å². The zero-order valence-corrected chi connectivity index (χ0v) is 11.9. The Morgan fingerprint density at radius 1 is 1.14 bits per heavy atom. The highest BCUT2D eigenvalue weighted by atomic mass is 19.1. The lowest BCUT2D eigenvalue weighted by Crippen LogP contribution is -2.22. The Hall–Kier alpha value is -2.10. The number of anilines is 1. The highest BCUT2D eigenvalue weighted by molar-refractivity contribution is 5.47. The number of aromatic nitrogens is 1. The highest BCUT2D eigenvalue weighted by Gasteiger charge is 2.45. The van der Waals surface area contributed by atoms with Gasteiger partial charge in [-0.3, -0.25) is 0 Å². The third-order valence-corrected chi connectivity index (χ3v) is 4.40. The van der Waals surface area contributed by atoms with Crippen LogP contribution < -0.4 is 9.64 Å². The molecule has 4 heteroatoms. The molecule has 0 amide bonds. The summed E-state index contributed by atoms with van der Waals surface area (Å²) in [6, 6.07) is 8.66. The van der Waals surface area contributed by atoms with Gasteiger partial charge in [-0.25, -0.2) is 9.37 Å². The van der Waals surface area contributed by atoms with E-state index in [1.807, 2.05) is 6.07 Å². The van der Waals surface area contributed by atoms with E-state index in [1.54, 1.807) is 31.3 Å². The fourth-order valence-corrected chi connectivity index (χ4v) is 2.99. The molecule has 2 unspecified atom stereocenters. The number of nitrogens with zero attached hydrogens (tertiary/aromatic N) is 2. The van der Waals surface area contributed by atoms with Crippen LogP contribution in [0.25, 0.3) is 0 Å². The third kappa shape index (κ3) is 2.46. The number of rotatable bonds is 3. The van der Waals surface area contributed by atoms with E-state index in [1.165, 1.54) is 12.5 Å². The summed E-state index contributed by atoms with van der Waals surface area (Å²) in [7, 11) is 0. The molecule has 1 aliphatic heterocycles. The van der Waals surface area contributed by atoms with Gasteiger partial charge in [0.15, 0.2) is 0 Å². The lowest BCUT2D eigenvalue weighted by molar-refractivity contribution is 0.475. The second-order valence-corrected chi connectivity index (χ2v) is 6.02. The van der Waals surface area contributed by atoms with Crippen LogP contribution in [-0.4, -0.2) is 18.1 Å². The van der Waals surface area contributed by atoms with Gasteiger partial charge in [-0.2, -0.15) is 0 Å². The molecule has 21 heavy (non-hydrogen) atoms. The van der Waals surface area contributed by atoms with Gasteiger partial charge in [0, 0.05) is 31.4 Å². The van der Waals surface area contributed by atoms with Crippen LogP contribution in [0.15, 0.2) is 36.5 Å². The Bertz CT molecular complexity index is 678. The van der Waals surface area contributed by atoms with Gasteiger partial charge in [0.2, 0.25) is 0 Å². The molecule has 1 aromatic heterocycles.